The Balaban J connectivity index is 1.36. The van der Waals surface area contributed by atoms with Crippen LogP contribution in [-0.2, 0) is 11.3 Å². The van der Waals surface area contributed by atoms with Crippen molar-refractivity contribution in [1.29, 1.82) is 0 Å². The molecule has 1 aliphatic heterocycles. The van der Waals surface area contributed by atoms with Gasteiger partial charge in [0.25, 0.3) is 5.91 Å². The van der Waals surface area contributed by atoms with Gasteiger partial charge in [0.1, 0.15) is 6.61 Å². The highest BCUT2D eigenvalue weighted by Crippen LogP contribution is 2.21. The van der Waals surface area contributed by atoms with Crippen LogP contribution in [0.4, 0.5) is 16.2 Å². The van der Waals surface area contributed by atoms with Crippen LogP contribution in [0.25, 0.3) is 0 Å². The van der Waals surface area contributed by atoms with Crippen LogP contribution in [-0.4, -0.2) is 61.1 Å². The van der Waals surface area contributed by atoms with Crippen LogP contribution in [0.5, 0.6) is 0 Å². The van der Waals surface area contributed by atoms with E-state index in [0.29, 0.717) is 71.8 Å². The highest BCUT2D eigenvalue weighted by molar-refractivity contribution is 6.34. The van der Waals surface area contributed by atoms with Crippen LogP contribution >= 0.6 is 23.2 Å². The molecule has 2 amide bonds. The van der Waals surface area contributed by atoms with Crippen molar-refractivity contribution < 1.29 is 14.3 Å². The van der Waals surface area contributed by atoms with E-state index in [4.69, 9.17) is 39.5 Å². The minimum Gasteiger partial charge on any atom is -0.445 e. The number of benzene rings is 2. The Kier molecular flexibility index (Phi) is 8.40. The Labute approximate surface area is 196 Å². The largest absolute Gasteiger partial charge is 0.445 e. The van der Waals surface area contributed by atoms with E-state index in [9.17, 15) is 9.59 Å². The molecule has 1 fully saturated rings. The first-order valence-corrected chi connectivity index (χ1v) is 10.8. The first-order valence-electron chi connectivity index (χ1n) is 10.1. The second kappa shape index (κ2) is 11.2. The number of hydrazine groups is 1. The summed E-state index contributed by atoms with van der Waals surface area (Å²) >= 11 is 11.9. The van der Waals surface area contributed by atoms with Gasteiger partial charge >= 0.3 is 6.09 Å². The minimum atomic E-state index is -0.511. The number of amides is 2. The Morgan fingerprint density at radius 3 is 2.34 bits per heavy atom. The average molecular weight is 481 g/mol. The van der Waals surface area contributed by atoms with Crippen molar-refractivity contribution >= 4 is 46.6 Å². The molecule has 6 N–H and O–H groups in total. The molecule has 9 nitrogen and oxygen atoms in total. The van der Waals surface area contributed by atoms with Gasteiger partial charge in [0.15, 0.2) is 0 Å². The lowest BCUT2D eigenvalue weighted by Crippen LogP contribution is -2.50. The van der Waals surface area contributed by atoms with Gasteiger partial charge in [-0.1, -0.05) is 23.2 Å². The van der Waals surface area contributed by atoms with E-state index in [1.807, 2.05) is 0 Å². The maximum Gasteiger partial charge on any atom is 0.407 e. The summed E-state index contributed by atoms with van der Waals surface area (Å²) in [5, 5.41) is 3.70. The number of rotatable bonds is 7. The molecular formula is C21H26Cl2N6O3. The summed E-state index contributed by atoms with van der Waals surface area (Å²) in [5.41, 5.74) is 10.6. The molecular weight excluding hydrogens is 455 g/mol. The zero-order chi connectivity index (χ0) is 23.1. The van der Waals surface area contributed by atoms with E-state index < -0.39 is 6.09 Å². The van der Waals surface area contributed by atoms with E-state index in [2.05, 4.69) is 15.6 Å². The third-order valence-electron chi connectivity index (χ3n) is 5.10. The molecule has 1 aliphatic rings. The van der Waals surface area contributed by atoms with Gasteiger partial charge in [-0.3, -0.25) is 15.5 Å². The van der Waals surface area contributed by atoms with E-state index in [-0.39, 0.29) is 12.5 Å². The Bertz CT molecular complexity index is 946. The van der Waals surface area contributed by atoms with Crippen molar-refractivity contribution in [3.63, 3.8) is 0 Å². The fourth-order valence-corrected chi connectivity index (χ4v) is 3.97. The van der Waals surface area contributed by atoms with Gasteiger partial charge in [-0.05, 0) is 42.0 Å². The fraction of sp³-hybridized carbons (Fsp3) is 0.333. The maximum atomic E-state index is 12.7. The monoisotopic (exact) mass is 480 g/mol. The Morgan fingerprint density at radius 1 is 1.03 bits per heavy atom. The average Bonchev–Trinajstić information content (AvgIpc) is 2.77. The van der Waals surface area contributed by atoms with Crippen LogP contribution in [0.1, 0.15) is 15.9 Å². The molecule has 32 heavy (non-hydrogen) atoms. The number of carbonyl (C=O) groups excluding carboxylic acids is 2. The summed E-state index contributed by atoms with van der Waals surface area (Å²) in [6.45, 7) is 3.78. The number of nitrogens with two attached hydrogens (primary N) is 2. The lowest BCUT2D eigenvalue weighted by molar-refractivity contribution is 0.0638. The molecule has 0 saturated carbocycles. The molecule has 172 valence electrons. The number of nitrogen functional groups attached to an aromatic ring is 2. The van der Waals surface area contributed by atoms with Crippen LogP contribution in [0.3, 0.4) is 0 Å². The first-order chi connectivity index (χ1) is 15.4. The van der Waals surface area contributed by atoms with E-state index in [1.54, 1.807) is 41.3 Å². The molecule has 2 aromatic carbocycles. The van der Waals surface area contributed by atoms with Crippen molar-refractivity contribution in [2.24, 2.45) is 5.84 Å². The van der Waals surface area contributed by atoms with Crippen molar-refractivity contribution in [1.82, 2.24) is 15.1 Å². The summed E-state index contributed by atoms with van der Waals surface area (Å²) < 4.78 is 5.19. The zero-order valence-corrected chi connectivity index (χ0v) is 19.0. The van der Waals surface area contributed by atoms with Crippen LogP contribution < -0.4 is 22.3 Å². The van der Waals surface area contributed by atoms with Gasteiger partial charge < -0.3 is 26.1 Å². The van der Waals surface area contributed by atoms with Gasteiger partial charge in [0.2, 0.25) is 0 Å². The van der Waals surface area contributed by atoms with E-state index in [0.717, 1.165) is 0 Å². The highest BCUT2D eigenvalue weighted by atomic mass is 35.5. The smallest absolute Gasteiger partial charge is 0.407 e. The third-order valence-corrected chi connectivity index (χ3v) is 5.54. The van der Waals surface area contributed by atoms with Gasteiger partial charge in [0.05, 0.1) is 11.4 Å². The Hall–Kier alpha value is -2.72. The topological polar surface area (TPSA) is 126 Å². The van der Waals surface area contributed by atoms with Gasteiger partial charge in [0, 0.05) is 54.9 Å². The summed E-state index contributed by atoms with van der Waals surface area (Å²) in [7, 11) is 0. The van der Waals surface area contributed by atoms with E-state index in [1.165, 1.54) is 0 Å². The fourth-order valence-electron chi connectivity index (χ4n) is 3.39. The lowest BCUT2D eigenvalue weighted by atomic mass is 10.1. The molecule has 3 rings (SSSR count). The van der Waals surface area contributed by atoms with Crippen LogP contribution in [0, 0.1) is 0 Å². The van der Waals surface area contributed by atoms with Crippen LogP contribution in [0.2, 0.25) is 10.0 Å². The number of ether oxygens (including phenoxy) is 1. The van der Waals surface area contributed by atoms with Crippen LogP contribution in [0.15, 0.2) is 36.4 Å². The van der Waals surface area contributed by atoms with Gasteiger partial charge in [-0.25, -0.2) is 4.79 Å². The van der Waals surface area contributed by atoms with Crippen molar-refractivity contribution in [2.75, 3.05) is 50.4 Å². The summed E-state index contributed by atoms with van der Waals surface area (Å²) in [6.07, 6.45) is -0.511. The molecule has 0 aromatic heterocycles. The number of carbonyl (C=O) groups is 2. The molecule has 0 bridgehead atoms. The number of hydrogen-bond donors (Lipinski definition) is 4. The van der Waals surface area contributed by atoms with E-state index >= 15 is 0 Å². The standard InChI is InChI=1S/C21H26Cl2N6O3/c22-16-9-14(10-17(23)12-16)13-32-21(31)26-3-4-28-5-7-29(8-6-28)20(30)15-1-2-19(27-25)18(24)11-15/h1-2,9-12,27H,3-8,13,24-25H2,(H,26,31). The first kappa shape index (κ1) is 23.9. The molecule has 0 spiro atoms. The molecule has 0 unspecified atom stereocenters. The molecule has 0 aliphatic carbocycles. The van der Waals surface area contributed by atoms with Crippen molar-refractivity contribution in [2.45, 2.75) is 6.61 Å². The van der Waals surface area contributed by atoms with Crippen molar-refractivity contribution in [3.05, 3.63) is 57.6 Å². The molecule has 2 aromatic rings. The normalized spacial score (nSPS) is 14.2. The molecule has 1 saturated heterocycles. The lowest BCUT2D eigenvalue weighted by Gasteiger charge is -2.34. The highest BCUT2D eigenvalue weighted by Gasteiger charge is 2.22. The number of nitrogens with one attached hydrogen (secondary N) is 2. The second-order valence-electron chi connectivity index (χ2n) is 7.36. The zero-order valence-electron chi connectivity index (χ0n) is 17.4. The van der Waals surface area contributed by atoms with Crippen molar-refractivity contribution in [3.8, 4) is 0 Å². The predicted octanol–water partition coefficient (Wildman–Crippen LogP) is 2.55. The summed E-state index contributed by atoms with van der Waals surface area (Å²) in [4.78, 5) is 28.6. The third kappa shape index (κ3) is 6.64. The second-order valence-corrected chi connectivity index (χ2v) is 8.23. The number of anilines is 2. The number of alkyl carbamates (subject to hydrolysis) is 1. The summed E-state index contributed by atoms with van der Waals surface area (Å²) in [6, 6.07) is 10.0. The Morgan fingerprint density at radius 2 is 1.72 bits per heavy atom. The summed E-state index contributed by atoms with van der Waals surface area (Å²) in [5.74, 6) is 5.31. The molecule has 0 radical (unpaired) electrons. The predicted molar refractivity (Wildman–Crippen MR) is 126 cm³/mol. The number of nitrogens with zero attached hydrogens (tertiary/aromatic N) is 2. The molecule has 11 heteroatoms. The maximum absolute atomic E-state index is 12.7. The number of halogens is 2. The van der Waals surface area contributed by atoms with Gasteiger partial charge in [-0.2, -0.15) is 0 Å². The minimum absolute atomic E-state index is 0.0669. The SMILES string of the molecule is NNc1ccc(C(=O)N2CCN(CCNC(=O)OCc3cc(Cl)cc(Cl)c3)CC2)cc1N. The molecule has 1 heterocycles. The van der Waals surface area contributed by atoms with Gasteiger partial charge in [-0.15, -0.1) is 0 Å². The number of hydrogen-bond acceptors (Lipinski definition) is 7. The number of piperazine rings is 1. The molecule has 0 atom stereocenters. The quantitative estimate of drug-likeness (QED) is 0.272.